The number of phenolic OH excluding ortho intramolecular Hbond substituents is 1. The van der Waals surface area contributed by atoms with Crippen LogP contribution in [0.1, 0.15) is 32.8 Å². The highest BCUT2D eigenvalue weighted by molar-refractivity contribution is 7.99. The Balaban J connectivity index is 2.42. The minimum atomic E-state index is 0.206. The van der Waals surface area contributed by atoms with Crippen LogP contribution in [0.5, 0.6) is 11.5 Å². The summed E-state index contributed by atoms with van der Waals surface area (Å²) in [5.41, 5.74) is 1.14. The molecule has 3 nitrogen and oxygen atoms in total. The van der Waals surface area contributed by atoms with E-state index in [1.807, 2.05) is 30.8 Å². The van der Waals surface area contributed by atoms with Crippen LogP contribution in [-0.4, -0.2) is 29.3 Å². The van der Waals surface area contributed by atoms with Crippen LogP contribution in [0.3, 0.4) is 0 Å². The molecule has 0 aliphatic carbocycles. The maximum atomic E-state index is 9.64. The first-order valence-corrected chi connectivity index (χ1v) is 8.08. The number of nitrogens with one attached hydrogen (secondary N) is 1. The van der Waals surface area contributed by atoms with Gasteiger partial charge in [0.1, 0.15) is 0 Å². The van der Waals surface area contributed by atoms with Gasteiger partial charge in [0.2, 0.25) is 0 Å². The standard InChI is InChI=1S/C15H25NO2S/c1-4-18-15-10-13(6-7-14(15)17)11-16-12(3)8-9-19-5-2/h6-7,10,12,16-17H,4-5,8-9,11H2,1-3H3. The molecule has 0 bridgehead atoms. The Bertz CT molecular complexity index is 371. The van der Waals surface area contributed by atoms with E-state index in [2.05, 4.69) is 19.2 Å². The molecular weight excluding hydrogens is 258 g/mol. The summed E-state index contributed by atoms with van der Waals surface area (Å²) >= 11 is 1.98. The van der Waals surface area contributed by atoms with Crippen LogP contribution >= 0.6 is 11.8 Å². The molecule has 0 aliphatic heterocycles. The second-order valence-corrected chi connectivity index (χ2v) is 5.90. The largest absolute Gasteiger partial charge is 0.504 e. The second kappa shape index (κ2) is 9.10. The zero-order valence-electron chi connectivity index (χ0n) is 12.1. The van der Waals surface area contributed by atoms with Gasteiger partial charge in [0.25, 0.3) is 0 Å². The van der Waals surface area contributed by atoms with Gasteiger partial charge < -0.3 is 15.2 Å². The third-order valence-corrected chi connectivity index (χ3v) is 3.81. The Morgan fingerprint density at radius 3 is 2.84 bits per heavy atom. The third-order valence-electron chi connectivity index (χ3n) is 2.88. The average Bonchev–Trinajstić information content (AvgIpc) is 2.40. The van der Waals surface area contributed by atoms with E-state index in [1.165, 1.54) is 17.9 Å². The van der Waals surface area contributed by atoms with E-state index in [0.717, 1.165) is 12.1 Å². The summed E-state index contributed by atoms with van der Waals surface area (Å²) in [4.78, 5) is 0. The van der Waals surface area contributed by atoms with Gasteiger partial charge in [0, 0.05) is 12.6 Å². The summed E-state index contributed by atoms with van der Waals surface area (Å²) in [7, 11) is 0. The molecule has 19 heavy (non-hydrogen) atoms. The normalized spacial score (nSPS) is 12.4. The van der Waals surface area contributed by atoms with Crippen LogP contribution in [0.25, 0.3) is 0 Å². The Morgan fingerprint density at radius 1 is 1.37 bits per heavy atom. The number of aromatic hydroxyl groups is 1. The topological polar surface area (TPSA) is 41.5 Å². The van der Waals surface area contributed by atoms with E-state index in [1.54, 1.807) is 6.07 Å². The number of hydrogen-bond acceptors (Lipinski definition) is 4. The van der Waals surface area contributed by atoms with E-state index < -0.39 is 0 Å². The van der Waals surface area contributed by atoms with Crippen molar-refractivity contribution in [2.24, 2.45) is 0 Å². The molecule has 0 saturated heterocycles. The van der Waals surface area contributed by atoms with Crippen molar-refractivity contribution in [3.8, 4) is 11.5 Å². The van der Waals surface area contributed by atoms with Gasteiger partial charge >= 0.3 is 0 Å². The van der Waals surface area contributed by atoms with Crippen LogP contribution in [-0.2, 0) is 6.54 Å². The Labute approximate surface area is 120 Å². The Hall–Kier alpha value is -0.870. The minimum Gasteiger partial charge on any atom is -0.504 e. The summed E-state index contributed by atoms with van der Waals surface area (Å²) in [5.74, 6) is 3.15. The molecule has 1 atom stereocenters. The predicted molar refractivity (Wildman–Crippen MR) is 83.2 cm³/mol. The lowest BCUT2D eigenvalue weighted by atomic mass is 10.2. The first kappa shape index (κ1) is 16.2. The fourth-order valence-corrected chi connectivity index (χ4v) is 2.55. The van der Waals surface area contributed by atoms with E-state index in [-0.39, 0.29) is 5.75 Å². The number of hydrogen-bond donors (Lipinski definition) is 2. The molecule has 2 N–H and O–H groups in total. The summed E-state index contributed by atoms with van der Waals surface area (Å²) in [6.45, 7) is 7.68. The summed E-state index contributed by atoms with van der Waals surface area (Å²) in [6.07, 6.45) is 1.18. The minimum absolute atomic E-state index is 0.206. The van der Waals surface area contributed by atoms with Crippen molar-refractivity contribution in [1.82, 2.24) is 5.32 Å². The summed E-state index contributed by atoms with van der Waals surface area (Å²) < 4.78 is 5.38. The van der Waals surface area contributed by atoms with E-state index in [4.69, 9.17) is 4.74 Å². The average molecular weight is 283 g/mol. The highest BCUT2D eigenvalue weighted by Gasteiger charge is 2.05. The molecular formula is C15H25NO2S. The molecule has 1 aromatic carbocycles. The van der Waals surface area contributed by atoms with Gasteiger partial charge in [-0.3, -0.25) is 0 Å². The lowest BCUT2D eigenvalue weighted by molar-refractivity contribution is 0.317. The quantitative estimate of drug-likeness (QED) is 0.682. The van der Waals surface area contributed by atoms with E-state index in [0.29, 0.717) is 18.4 Å². The number of thioether (sulfide) groups is 1. The van der Waals surface area contributed by atoms with Gasteiger partial charge in [0.15, 0.2) is 11.5 Å². The van der Waals surface area contributed by atoms with Crippen LogP contribution < -0.4 is 10.1 Å². The fourth-order valence-electron chi connectivity index (χ4n) is 1.74. The second-order valence-electron chi connectivity index (χ2n) is 4.50. The van der Waals surface area contributed by atoms with Crippen molar-refractivity contribution in [3.63, 3.8) is 0 Å². The zero-order chi connectivity index (χ0) is 14.1. The molecule has 0 aromatic heterocycles. The Kier molecular flexibility index (Phi) is 7.75. The zero-order valence-corrected chi connectivity index (χ0v) is 12.9. The monoisotopic (exact) mass is 283 g/mol. The molecule has 0 amide bonds. The maximum Gasteiger partial charge on any atom is 0.161 e. The Morgan fingerprint density at radius 2 is 2.16 bits per heavy atom. The molecule has 108 valence electrons. The summed E-state index contributed by atoms with van der Waals surface area (Å²) in [5, 5.41) is 13.1. The van der Waals surface area contributed by atoms with Gasteiger partial charge in [0.05, 0.1) is 6.61 Å². The molecule has 0 fully saturated rings. The number of phenols is 1. The summed E-state index contributed by atoms with van der Waals surface area (Å²) in [6, 6.07) is 6.03. The number of benzene rings is 1. The third kappa shape index (κ3) is 6.21. The van der Waals surface area contributed by atoms with Crippen molar-refractivity contribution in [2.45, 2.75) is 39.8 Å². The van der Waals surface area contributed by atoms with Crippen LogP contribution in [0.15, 0.2) is 18.2 Å². The maximum absolute atomic E-state index is 9.64. The molecule has 0 radical (unpaired) electrons. The highest BCUT2D eigenvalue weighted by Crippen LogP contribution is 2.26. The molecule has 0 spiro atoms. The smallest absolute Gasteiger partial charge is 0.161 e. The van der Waals surface area contributed by atoms with Gasteiger partial charge in [-0.05, 0) is 49.5 Å². The predicted octanol–water partition coefficient (Wildman–Crippen LogP) is 3.41. The number of rotatable bonds is 9. The van der Waals surface area contributed by atoms with E-state index in [9.17, 15) is 5.11 Å². The highest BCUT2D eigenvalue weighted by atomic mass is 32.2. The van der Waals surface area contributed by atoms with Crippen molar-refractivity contribution in [2.75, 3.05) is 18.1 Å². The van der Waals surface area contributed by atoms with Crippen molar-refractivity contribution in [3.05, 3.63) is 23.8 Å². The van der Waals surface area contributed by atoms with E-state index >= 15 is 0 Å². The van der Waals surface area contributed by atoms with Crippen molar-refractivity contribution >= 4 is 11.8 Å². The lowest BCUT2D eigenvalue weighted by Crippen LogP contribution is -2.26. The molecule has 4 heteroatoms. The SMILES string of the molecule is CCOc1cc(CNC(C)CCSCC)ccc1O. The van der Waals surface area contributed by atoms with Crippen LogP contribution in [0.4, 0.5) is 0 Å². The van der Waals surface area contributed by atoms with Gasteiger partial charge in [-0.25, -0.2) is 0 Å². The lowest BCUT2D eigenvalue weighted by Gasteiger charge is -2.14. The molecule has 1 unspecified atom stereocenters. The first-order chi connectivity index (χ1) is 9.17. The molecule has 0 aliphatic rings. The first-order valence-electron chi connectivity index (χ1n) is 6.93. The fraction of sp³-hybridized carbons (Fsp3) is 0.600. The van der Waals surface area contributed by atoms with Gasteiger partial charge in [-0.2, -0.15) is 11.8 Å². The molecule has 0 saturated carbocycles. The van der Waals surface area contributed by atoms with Crippen molar-refractivity contribution < 1.29 is 9.84 Å². The molecule has 1 aromatic rings. The van der Waals surface area contributed by atoms with Gasteiger partial charge in [-0.15, -0.1) is 0 Å². The number of ether oxygens (including phenoxy) is 1. The van der Waals surface area contributed by atoms with Crippen LogP contribution in [0.2, 0.25) is 0 Å². The van der Waals surface area contributed by atoms with Crippen LogP contribution in [0, 0.1) is 0 Å². The van der Waals surface area contributed by atoms with Gasteiger partial charge in [-0.1, -0.05) is 13.0 Å². The molecule has 0 heterocycles. The van der Waals surface area contributed by atoms with Crippen molar-refractivity contribution in [1.29, 1.82) is 0 Å². The molecule has 1 rings (SSSR count).